The lowest BCUT2D eigenvalue weighted by Crippen LogP contribution is -2.13. The van der Waals surface area contributed by atoms with E-state index in [2.05, 4.69) is 16.1 Å². The third-order valence-corrected chi connectivity index (χ3v) is 1.23. The van der Waals surface area contributed by atoms with Crippen molar-refractivity contribution < 1.29 is 23.9 Å². The van der Waals surface area contributed by atoms with Crippen LogP contribution in [0.5, 0.6) is 0 Å². The normalized spacial score (nSPS) is 9.00. The Balaban J connectivity index is 3.79. The highest BCUT2D eigenvalue weighted by atomic mass is 16.6. The summed E-state index contributed by atoms with van der Waals surface area (Å²) in [6.45, 7) is 5.83. The smallest absolute Gasteiger partial charge is 0.341 e. The maximum absolute atomic E-state index is 10.9. The fourth-order valence-electron chi connectivity index (χ4n) is 0.623. The fraction of sp³-hybridized carbons (Fsp3) is 0.444. The second kappa shape index (κ2) is 5.90. The predicted molar refractivity (Wildman–Crippen MR) is 47.2 cm³/mol. The summed E-state index contributed by atoms with van der Waals surface area (Å²) in [5, 5.41) is 0. The first-order chi connectivity index (χ1) is 6.43. The molecule has 0 aromatic heterocycles. The van der Waals surface area contributed by atoms with E-state index in [1.54, 1.807) is 0 Å². The van der Waals surface area contributed by atoms with Crippen LogP contribution in [0.15, 0.2) is 12.2 Å². The van der Waals surface area contributed by atoms with Gasteiger partial charge in [0.25, 0.3) is 0 Å². The Labute approximate surface area is 81.7 Å². The van der Waals surface area contributed by atoms with Crippen molar-refractivity contribution >= 4 is 17.9 Å². The predicted octanol–water partition coefficient (Wildman–Crippen LogP) is 0.585. The van der Waals surface area contributed by atoms with Crippen LogP contribution in [0.2, 0.25) is 0 Å². The van der Waals surface area contributed by atoms with Crippen molar-refractivity contribution in [2.24, 2.45) is 0 Å². The molecule has 0 rings (SSSR count). The summed E-state index contributed by atoms with van der Waals surface area (Å²) in [7, 11) is 0. The number of carbonyl (C=O) groups excluding carboxylic acids is 3. The van der Waals surface area contributed by atoms with Crippen molar-refractivity contribution in [1.29, 1.82) is 0 Å². The van der Waals surface area contributed by atoms with E-state index in [1.165, 1.54) is 6.92 Å². The molecule has 5 nitrogen and oxygen atoms in total. The minimum atomic E-state index is -0.787. The molecule has 0 spiro atoms. The van der Waals surface area contributed by atoms with Gasteiger partial charge in [0.1, 0.15) is 0 Å². The Morgan fingerprint density at radius 1 is 1.14 bits per heavy atom. The molecule has 78 valence electrons. The van der Waals surface area contributed by atoms with Gasteiger partial charge in [0, 0.05) is 25.8 Å². The average molecular weight is 200 g/mol. The van der Waals surface area contributed by atoms with E-state index in [0.717, 1.165) is 6.92 Å². The largest absolute Gasteiger partial charge is 0.466 e. The van der Waals surface area contributed by atoms with Gasteiger partial charge < -0.3 is 9.47 Å². The van der Waals surface area contributed by atoms with Crippen molar-refractivity contribution in [2.45, 2.75) is 20.3 Å². The van der Waals surface area contributed by atoms with Crippen LogP contribution in [0.4, 0.5) is 0 Å². The van der Waals surface area contributed by atoms with Gasteiger partial charge in [0.15, 0.2) is 0 Å². The molecule has 0 unspecified atom stereocenters. The summed E-state index contributed by atoms with van der Waals surface area (Å²) in [6.07, 6.45) is 0.158. The second-order valence-corrected chi connectivity index (χ2v) is 2.57. The van der Waals surface area contributed by atoms with E-state index < -0.39 is 17.9 Å². The zero-order chi connectivity index (χ0) is 11.1. The number of hydrogen-bond acceptors (Lipinski definition) is 5. The molecule has 0 radical (unpaired) electrons. The third-order valence-electron chi connectivity index (χ3n) is 1.23. The molecule has 0 atom stereocenters. The lowest BCUT2D eigenvalue weighted by Gasteiger charge is -2.03. The van der Waals surface area contributed by atoms with Crippen molar-refractivity contribution in [2.75, 3.05) is 6.61 Å². The van der Waals surface area contributed by atoms with Gasteiger partial charge in [-0.3, -0.25) is 9.59 Å². The summed E-state index contributed by atoms with van der Waals surface area (Å²) in [5.74, 6) is -1.91. The molecule has 0 heterocycles. The first kappa shape index (κ1) is 12.3. The lowest BCUT2D eigenvalue weighted by atomic mass is 10.2. The van der Waals surface area contributed by atoms with Crippen LogP contribution in [0.3, 0.4) is 0 Å². The Morgan fingerprint density at radius 2 is 1.71 bits per heavy atom. The molecule has 0 saturated heterocycles. The minimum absolute atomic E-state index is 0.0567. The van der Waals surface area contributed by atoms with Crippen LogP contribution < -0.4 is 0 Å². The molecule has 5 heteroatoms. The molecule has 0 N–H and O–H groups in total. The van der Waals surface area contributed by atoms with Crippen LogP contribution >= 0.6 is 0 Å². The van der Waals surface area contributed by atoms with Gasteiger partial charge in [0.05, 0.1) is 6.61 Å². The van der Waals surface area contributed by atoms with Gasteiger partial charge in [-0.1, -0.05) is 6.58 Å². The van der Waals surface area contributed by atoms with Crippen molar-refractivity contribution in [3.63, 3.8) is 0 Å². The van der Waals surface area contributed by atoms with Crippen LogP contribution in [0, 0.1) is 0 Å². The third kappa shape index (κ3) is 5.93. The topological polar surface area (TPSA) is 69.7 Å². The van der Waals surface area contributed by atoms with Crippen LogP contribution in [-0.2, 0) is 23.9 Å². The highest BCUT2D eigenvalue weighted by molar-refractivity contribution is 5.95. The summed E-state index contributed by atoms with van der Waals surface area (Å²) in [4.78, 5) is 31.7. The molecule has 0 bridgehead atoms. The van der Waals surface area contributed by atoms with Crippen molar-refractivity contribution in [1.82, 2.24) is 0 Å². The van der Waals surface area contributed by atoms with Crippen molar-refractivity contribution in [3.05, 3.63) is 12.2 Å². The van der Waals surface area contributed by atoms with E-state index >= 15 is 0 Å². The molecule has 0 aliphatic carbocycles. The summed E-state index contributed by atoms with van der Waals surface area (Å²) in [5.41, 5.74) is 0.0986. The molecule has 0 aromatic carbocycles. The van der Waals surface area contributed by atoms with E-state index in [4.69, 9.17) is 0 Å². The molecule has 0 aliphatic rings. The molecular formula is C9H12O5. The molecule has 0 aromatic rings. The Hall–Kier alpha value is -1.65. The van der Waals surface area contributed by atoms with Gasteiger partial charge >= 0.3 is 17.9 Å². The van der Waals surface area contributed by atoms with Gasteiger partial charge in [-0.25, -0.2) is 4.79 Å². The minimum Gasteiger partial charge on any atom is -0.466 e. The molecule has 0 amide bonds. The van der Waals surface area contributed by atoms with Gasteiger partial charge in [-0.15, -0.1) is 0 Å². The van der Waals surface area contributed by atoms with E-state index in [1.807, 2.05) is 0 Å². The SMILES string of the molecule is C=C(CCOC(C)=O)C(=O)OC(C)=O. The highest BCUT2D eigenvalue weighted by Gasteiger charge is 2.10. The van der Waals surface area contributed by atoms with E-state index in [-0.39, 0.29) is 18.6 Å². The molecular weight excluding hydrogens is 188 g/mol. The zero-order valence-corrected chi connectivity index (χ0v) is 8.16. The number of carbonyl (C=O) groups is 3. The zero-order valence-electron chi connectivity index (χ0n) is 8.16. The first-order valence-electron chi connectivity index (χ1n) is 3.97. The average Bonchev–Trinajstić information content (AvgIpc) is 2.01. The quantitative estimate of drug-likeness (QED) is 0.377. The van der Waals surface area contributed by atoms with Gasteiger partial charge in [0.2, 0.25) is 0 Å². The Morgan fingerprint density at radius 3 is 2.14 bits per heavy atom. The number of rotatable bonds is 4. The lowest BCUT2D eigenvalue weighted by molar-refractivity contribution is -0.155. The summed E-state index contributed by atoms with van der Waals surface area (Å²) >= 11 is 0. The summed E-state index contributed by atoms with van der Waals surface area (Å²) in [6, 6.07) is 0. The second-order valence-electron chi connectivity index (χ2n) is 2.57. The van der Waals surface area contributed by atoms with Crippen LogP contribution in [0.25, 0.3) is 0 Å². The van der Waals surface area contributed by atoms with Gasteiger partial charge in [-0.05, 0) is 0 Å². The summed E-state index contributed by atoms with van der Waals surface area (Å²) < 4.78 is 8.83. The monoisotopic (exact) mass is 200 g/mol. The first-order valence-corrected chi connectivity index (χ1v) is 3.97. The molecule has 0 saturated carbocycles. The molecule has 0 fully saturated rings. The highest BCUT2D eigenvalue weighted by Crippen LogP contribution is 2.01. The fourth-order valence-corrected chi connectivity index (χ4v) is 0.623. The number of hydrogen-bond donors (Lipinski definition) is 0. The van der Waals surface area contributed by atoms with Crippen molar-refractivity contribution in [3.8, 4) is 0 Å². The molecule has 0 aliphatic heterocycles. The Bertz CT molecular complexity index is 266. The van der Waals surface area contributed by atoms with Crippen LogP contribution in [0.1, 0.15) is 20.3 Å². The maximum Gasteiger partial charge on any atom is 0.341 e. The molecule has 14 heavy (non-hydrogen) atoms. The maximum atomic E-state index is 10.9. The number of ether oxygens (including phenoxy) is 2. The van der Waals surface area contributed by atoms with E-state index in [9.17, 15) is 14.4 Å². The Kier molecular flexibility index (Phi) is 5.21. The van der Waals surface area contributed by atoms with E-state index in [0.29, 0.717) is 0 Å². The number of esters is 3. The van der Waals surface area contributed by atoms with Crippen LogP contribution in [-0.4, -0.2) is 24.5 Å². The standard InChI is InChI=1S/C9H12O5/c1-6(4-5-13-7(2)10)9(12)14-8(3)11/h1,4-5H2,2-3H3. The van der Waals surface area contributed by atoms with Gasteiger partial charge in [-0.2, -0.15) is 0 Å².